The molecule has 3 N–H and O–H groups in total. The number of halogens is 2. The summed E-state index contributed by atoms with van der Waals surface area (Å²) in [7, 11) is -4.63. The lowest BCUT2D eigenvalue weighted by Crippen LogP contribution is -2.47. The topological polar surface area (TPSA) is 89.3 Å². The van der Waals surface area contributed by atoms with Crippen LogP contribution in [0, 0.1) is 0 Å². The Morgan fingerprint density at radius 2 is 1.85 bits per heavy atom. The average molecular weight is 306 g/mol. The van der Waals surface area contributed by atoms with E-state index in [0.717, 1.165) is 12.1 Å². The van der Waals surface area contributed by atoms with Gasteiger partial charge in [-0.2, -0.15) is 8.78 Å². The van der Waals surface area contributed by atoms with E-state index in [1.54, 1.807) is 13.8 Å². The molecule has 0 saturated carbocycles. The highest BCUT2D eigenvalue weighted by molar-refractivity contribution is 7.91. The number of hydrogen-bond donors (Lipinski definition) is 2. The second-order valence-corrected chi connectivity index (χ2v) is 6.47. The van der Waals surface area contributed by atoms with Gasteiger partial charge in [0.15, 0.2) is 0 Å². The lowest BCUT2D eigenvalue weighted by atomic mass is 9.99. The third kappa shape index (κ3) is 3.51. The number of sulfone groups is 1. The molecule has 1 unspecified atom stereocenters. The molecule has 0 aliphatic rings. The minimum absolute atomic E-state index is 0.286. The Hall–Kier alpha value is -1.54. The number of amides is 1. The SMILES string of the molecule is CCC(C)(N)C(=O)Nc1ccc(S(=O)(=O)C(F)F)cc1. The number of carbonyl (C=O) groups excluding carboxylic acids is 1. The van der Waals surface area contributed by atoms with Gasteiger partial charge in [-0.1, -0.05) is 6.92 Å². The second kappa shape index (κ2) is 5.84. The minimum Gasteiger partial charge on any atom is -0.325 e. The van der Waals surface area contributed by atoms with Crippen LogP contribution in [0.3, 0.4) is 0 Å². The van der Waals surface area contributed by atoms with Gasteiger partial charge in [0.05, 0.1) is 10.4 Å². The molecule has 1 amide bonds. The lowest BCUT2D eigenvalue weighted by Gasteiger charge is -2.21. The summed E-state index contributed by atoms with van der Waals surface area (Å²) in [6.45, 7) is 3.30. The maximum Gasteiger partial charge on any atom is 0.341 e. The van der Waals surface area contributed by atoms with E-state index in [-0.39, 0.29) is 5.69 Å². The first-order chi connectivity index (χ1) is 9.11. The Bertz CT molecular complexity index is 583. The fraction of sp³-hybridized carbons (Fsp3) is 0.417. The van der Waals surface area contributed by atoms with Crippen LogP contribution in [0.25, 0.3) is 0 Å². The molecule has 1 rings (SSSR count). The quantitative estimate of drug-likeness (QED) is 0.867. The van der Waals surface area contributed by atoms with E-state index in [2.05, 4.69) is 5.32 Å². The van der Waals surface area contributed by atoms with Crippen molar-refractivity contribution in [3.63, 3.8) is 0 Å². The van der Waals surface area contributed by atoms with Crippen LogP contribution in [0.4, 0.5) is 14.5 Å². The Labute approximate surface area is 116 Å². The van der Waals surface area contributed by atoms with Gasteiger partial charge < -0.3 is 11.1 Å². The van der Waals surface area contributed by atoms with E-state index in [4.69, 9.17) is 5.73 Å². The number of rotatable bonds is 5. The highest BCUT2D eigenvalue weighted by Gasteiger charge is 2.27. The number of hydrogen-bond acceptors (Lipinski definition) is 4. The van der Waals surface area contributed by atoms with Crippen molar-refractivity contribution in [1.82, 2.24) is 0 Å². The summed E-state index contributed by atoms with van der Waals surface area (Å²) in [4.78, 5) is 11.3. The van der Waals surface area contributed by atoms with E-state index in [1.165, 1.54) is 12.1 Å². The molecule has 0 radical (unpaired) electrons. The van der Waals surface area contributed by atoms with Gasteiger partial charge in [0.2, 0.25) is 15.7 Å². The van der Waals surface area contributed by atoms with Crippen molar-refractivity contribution in [1.29, 1.82) is 0 Å². The van der Waals surface area contributed by atoms with E-state index in [0.29, 0.717) is 6.42 Å². The third-order valence-electron chi connectivity index (χ3n) is 2.93. The second-order valence-electron chi connectivity index (χ2n) is 4.56. The van der Waals surface area contributed by atoms with Crippen LogP contribution < -0.4 is 11.1 Å². The van der Waals surface area contributed by atoms with Crippen molar-refractivity contribution in [2.24, 2.45) is 5.73 Å². The molecule has 1 aromatic carbocycles. The van der Waals surface area contributed by atoms with Crippen LogP contribution in [0.15, 0.2) is 29.2 Å². The average Bonchev–Trinajstić information content (AvgIpc) is 2.39. The third-order valence-corrected chi connectivity index (χ3v) is 4.33. The molecule has 0 aliphatic carbocycles. The Morgan fingerprint density at radius 3 is 2.25 bits per heavy atom. The van der Waals surface area contributed by atoms with Crippen molar-refractivity contribution in [3.05, 3.63) is 24.3 Å². The molecule has 8 heteroatoms. The first-order valence-electron chi connectivity index (χ1n) is 5.83. The first-order valence-corrected chi connectivity index (χ1v) is 7.38. The van der Waals surface area contributed by atoms with E-state index < -0.39 is 31.9 Å². The lowest BCUT2D eigenvalue weighted by molar-refractivity contribution is -0.120. The number of anilines is 1. The van der Waals surface area contributed by atoms with E-state index in [9.17, 15) is 22.0 Å². The van der Waals surface area contributed by atoms with Crippen LogP contribution in [0.5, 0.6) is 0 Å². The van der Waals surface area contributed by atoms with Gasteiger partial charge >= 0.3 is 5.76 Å². The summed E-state index contributed by atoms with van der Waals surface area (Å²) in [6.07, 6.45) is 0.413. The van der Waals surface area contributed by atoms with Gasteiger partial charge in [0, 0.05) is 5.69 Å². The summed E-state index contributed by atoms with van der Waals surface area (Å²) < 4.78 is 47.1. The molecule has 0 aliphatic heterocycles. The van der Waals surface area contributed by atoms with Crippen molar-refractivity contribution in [2.75, 3.05) is 5.32 Å². The molecular formula is C12H16F2N2O3S. The Balaban J connectivity index is 2.91. The fourth-order valence-electron chi connectivity index (χ4n) is 1.27. The highest BCUT2D eigenvalue weighted by atomic mass is 32.2. The molecule has 0 fully saturated rings. The largest absolute Gasteiger partial charge is 0.341 e. The zero-order valence-corrected chi connectivity index (χ0v) is 11.9. The number of alkyl halides is 2. The van der Waals surface area contributed by atoms with Gasteiger partial charge in [-0.05, 0) is 37.6 Å². The number of nitrogens with two attached hydrogens (primary N) is 1. The normalized spacial score (nSPS) is 14.9. The standard InChI is InChI=1S/C12H16F2N2O3S/c1-3-12(2,15)10(17)16-8-4-6-9(7-5-8)20(18,19)11(13)14/h4-7,11H,3,15H2,1-2H3,(H,16,17). The van der Waals surface area contributed by atoms with E-state index in [1.807, 2.05) is 0 Å². The minimum atomic E-state index is -4.63. The van der Waals surface area contributed by atoms with Gasteiger partial charge in [-0.3, -0.25) is 4.79 Å². The molecule has 0 heterocycles. The zero-order chi connectivity index (χ0) is 15.6. The van der Waals surface area contributed by atoms with Gasteiger partial charge in [0.1, 0.15) is 0 Å². The summed E-state index contributed by atoms with van der Waals surface area (Å²) >= 11 is 0. The number of benzene rings is 1. The molecule has 20 heavy (non-hydrogen) atoms. The molecule has 112 valence electrons. The van der Waals surface area contributed by atoms with Crippen molar-refractivity contribution < 1.29 is 22.0 Å². The predicted octanol–water partition coefficient (Wildman–Crippen LogP) is 1.75. The number of carbonyl (C=O) groups is 1. The Kier molecular flexibility index (Phi) is 4.82. The van der Waals surface area contributed by atoms with Crippen LogP contribution in [-0.2, 0) is 14.6 Å². The predicted molar refractivity (Wildman–Crippen MR) is 71.1 cm³/mol. The molecule has 5 nitrogen and oxygen atoms in total. The maximum atomic E-state index is 12.3. The van der Waals surface area contributed by atoms with Crippen LogP contribution in [0.1, 0.15) is 20.3 Å². The zero-order valence-electron chi connectivity index (χ0n) is 11.1. The summed E-state index contributed by atoms with van der Waals surface area (Å²) in [6, 6.07) is 4.49. The Morgan fingerprint density at radius 1 is 1.35 bits per heavy atom. The molecule has 0 spiro atoms. The smallest absolute Gasteiger partial charge is 0.325 e. The van der Waals surface area contributed by atoms with Crippen LogP contribution in [-0.4, -0.2) is 25.6 Å². The van der Waals surface area contributed by atoms with Gasteiger partial charge in [0.25, 0.3) is 0 Å². The van der Waals surface area contributed by atoms with Gasteiger partial charge in [-0.25, -0.2) is 8.42 Å². The summed E-state index contributed by atoms with van der Waals surface area (Å²) in [5.41, 5.74) is 4.96. The van der Waals surface area contributed by atoms with Crippen molar-refractivity contribution in [2.45, 2.75) is 36.5 Å². The maximum absolute atomic E-state index is 12.3. The molecular weight excluding hydrogens is 290 g/mol. The number of nitrogens with one attached hydrogen (secondary N) is 1. The van der Waals surface area contributed by atoms with Crippen molar-refractivity contribution >= 4 is 21.4 Å². The molecule has 1 atom stereocenters. The summed E-state index contributed by atoms with van der Waals surface area (Å²) in [5.74, 6) is -3.92. The van der Waals surface area contributed by atoms with E-state index >= 15 is 0 Å². The first kappa shape index (κ1) is 16.5. The van der Waals surface area contributed by atoms with Crippen LogP contribution >= 0.6 is 0 Å². The molecule has 0 saturated heterocycles. The molecule has 1 aromatic rings. The van der Waals surface area contributed by atoms with Crippen LogP contribution in [0.2, 0.25) is 0 Å². The van der Waals surface area contributed by atoms with Crippen molar-refractivity contribution in [3.8, 4) is 0 Å². The fourth-order valence-corrected chi connectivity index (χ4v) is 1.99. The highest BCUT2D eigenvalue weighted by Crippen LogP contribution is 2.20. The summed E-state index contributed by atoms with van der Waals surface area (Å²) in [5, 5.41) is 2.49. The molecule has 0 aromatic heterocycles. The molecule has 0 bridgehead atoms. The monoisotopic (exact) mass is 306 g/mol. The van der Waals surface area contributed by atoms with Gasteiger partial charge in [-0.15, -0.1) is 0 Å².